The first-order chi connectivity index (χ1) is 46.3. The third-order valence-corrected chi connectivity index (χ3v) is 16.3. The molecule has 97 heavy (non-hydrogen) atoms. The van der Waals surface area contributed by atoms with Crippen molar-refractivity contribution in [1.82, 2.24) is 42.1 Å². The number of rotatable bonds is 39. The molecule has 0 saturated carbocycles. The second-order valence-corrected chi connectivity index (χ2v) is 24.4. The zero-order valence-electron chi connectivity index (χ0n) is 55.2. The van der Waals surface area contributed by atoms with Crippen LogP contribution in [0.5, 0.6) is 0 Å². The standard InChI is InChI=1S/C69H94N14O14/c1-5-42(4)58(66(94)76-50(29-18-34-74-69(72)73)60(88)77-51(68(96)97)28-16-17-33-70)82-64(92)54(38-44-22-10-7-11-23-44)79-61(89)52(36-41(2)3)78-63(91)55(39-57(85)86)80-62(90)53(37-43-20-8-6-9-21-43)81-65(93)56-30-19-35-83(56)67(95)47-26-14-12-24-45(47)31-32-46-25-13-15-27-49(46)75-59(87)48(71)40-84/h6-15,20-27,31-32,41-42,48,50-56,58,84H,5,16-19,28-30,33-40,70-71H2,1-4H3,(H,75,87)(H,76,94)(H,77,88)(H,78,91)(H,79,89)(H,80,90)(H,81,93)(H,82,92)(H,85,86)(H,96,97)(H4,72,73,74)/b32-31+/t42-,48-,50-,51-,52-,53-,54-,55-,56-,58-/m0/s1. The number of carboxylic acid groups (broad SMARTS) is 2. The maximum absolute atomic E-state index is 14.7. The number of hydrogen-bond acceptors (Lipinski definition) is 15. The fraction of sp³-hybridized carbons (Fsp3) is 0.449. The third-order valence-electron chi connectivity index (χ3n) is 16.3. The Balaban J connectivity index is 1.38. The van der Waals surface area contributed by atoms with Gasteiger partial charge in [0.05, 0.1) is 13.0 Å². The molecular weight excluding hydrogens is 1250 g/mol. The summed E-state index contributed by atoms with van der Waals surface area (Å²) in [7, 11) is 0. The summed E-state index contributed by atoms with van der Waals surface area (Å²) < 4.78 is 0. The first-order valence-electron chi connectivity index (χ1n) is 32.6. The van der Waals surface area contributed by atoms with Gasteiger partial charge in [0, 0.05) is 37.2 Å². The Hall–Kier alpha value is -10.1. The van der Waals surface area contributed by atoms with E-state index in [-0.39, 0.29) is 75.5 Å². The topological polar surface area (TPSA) is 464 Å². The zero-order chi connectivity index (χ0) is 71.1. The molecular formula is C69H94N14O14. The lowest BCUT2D eigenvalue weighted by Gasteiger charge is -2.30. The Labute approximate surface area is 564 Å². The molecule has 0 spiro atoms. The minimum atomic E-state index is -1.85. The molecule has 4 aromatic carbocycles. The van der Waals surface area contributed by atoms with Gasteiger partial charge in [-0.3, -0.25) is 52.9 Å². The molecule has 28 nitrogen and oxygen atoms in total. The van der Waals surface area contributed by atoms with Crippen LogP contribution in [0.15, 0.2) is 114 Å². The summed E-state index contributed by atoms with van der Waals surface area (Å²) in [4.78, 5) is 159. The highest BCUT2D eigenvalue weighted by atomic mass is 16.4. The molecule has 1 heterocycles. The summed E-state index contributed by atoms with van der Waals surface area (Å²) in [5.41, 5.74) is 25.2. The summed E-state index contributed by atoms with van der Waals surface area (Å²) in [5.74, 6) is -11.1. The minimum Gasteiger partial charge on any atom is -0.481 e. The predicted octanol–water partition coefficient (Wildman–Crippen LogP) is 1.43. The van der Waals surface area contributed by atoms with Gasteiger partial charge in [0.2, 0.25) is 47.3 Å². The quantitative estimate of drug-likeness (QED) is 0.0130. The van der Waals surface area contributed by atoms with Crippen molar-refractivity contribution in [1.29, 1.82) is 0 Å². The average molecular weight is 1340 g/mol. The lowest BCUT2D eigenvalue weighted by Crippen LogP contribution is -2.61. The number of aliphatic imine (C=N–C) groups is 1. The molecule has 28 heteroatoms. The van der Waals surface area contributed by atoms with Crippen LogP contribution in [0.2, 0.25) is 0 Å². The Morgan fingerprint density at radius 3 is 1.71 bits per heavy atom. The van der Waals surface area contributed by atoms with Crippen LogP contribution < -0.4 is 65.5 Å². The fourth-order valence-electron chi connectivity index (χ4n) is 10.8. The van der Waals surface area contributed by atoms with Gasteiger partial charge >= 0.3 is 11.9 Å². The van der Waals surface area contributed by atoms with E-state index in [0.29, 0.717) is 60.2 Å². The maximum atomic E-state index is 14.7. The molecule has 1 aliphatic rings. The third kappa shape index (κ3) is 25.2. The molecule has 524 valence electrons. The van der Waals surface area contributed by atoms with Crippen molar-refractivity contribution >= 4 is 88.9 Å². The van der Waals surface area contributed by atoms with Gasteiger partial charge < -0.3 is 85.7 Å². The van der Waals surface area contributed by atoms with E-state index in [1.807, 2.05) is 0 Å². The number of carbonyl (C=O) groups is 11. The Morgan fingerprint density at radius 1 is 0.598 bits per heavy atom. The second-order valence-electron chi connectivity index (χ2n) is 24.4. The van der Waals surface area contributed by atoms with Gasteiger partial charge in [0.1, 0.15) is 54.4 Å². The van der Waals surface area contributed by atoms with E-state index in [9.17, 15) is 68.1 Å². The molecule has 19 N–H and O–H groups in total. The number of aliphatic hydroxyl groups is 1. The Kier molecular flexibility index (Phi) is 31.8. The van der Waals surface area contributed by atoms with Gasteiger partial charge in [-0.25, -0.2) is 4.79 Å². The van der Waals surface area contributed by atoms with Gasteiger partial charge in [-0.1, -0.05) is 143 Å². The Morgan fingerprint density at radius 2 is 1.11 bits per heavy atom. The number of amides is 9. The molecule has 5 rings (SSSR count). The van der Waals surface area contributed by atoms with Crippen molar-refractivity contribution in [3.63, 3.8) is 0 Å². The number of hydrogen-bond donors (Lipinski definition) is 15. The predicted molar refractivity (Wildman–Crippen MR) is 365 cm³/mol. The molecule has 0 bridgehead atoms. The average Bonchev–Trinajstić information content (AvgIpc) is 1.77. The van der Waals surface area contributed by atoms with Crippen molar-refractivity contribution in [3.05, 3.63) is 137 Å². The number of para-hydroxylation sites is 1. The second kappa shape index (κ2) is 39.7. The van der Waals surface area contributed by atoms with Gasteiger partial charge in [0.15, 0.2) is 5.96 Å². The molecule has 9 amide bonds. The number of aliphatic carboxylic acids is 2. The summed E-state index contributed by atoms with van der Waals surface area (Å²) in [6.45, 7) is 6.93. The lowest BCUT2D eigenvalue weighted by atomic mass is 9.96. The molecule has 1 fully saturated rings. The molecule has 0 radical (unpaired) electrons. The van der Waals surface area contributed by atoms with Crippen LogP contribution in [0.4, 0.5) is 5.69 Å². The number of carboxylic acids is 2. The van der Waals surface area contributed by atoms with Crippen LogP contribution in [0.1, 0.15) is 125 Å². The highest BCUT2D eigenvalue weighted by Crippen LogP contribution is 2.26. The van der Waals surface area contributed by atoms with E-state index in [1.165, 1.54) is 4.90 Å². The first kappa shape index (κ1) is 77.6. The molecule has 0 aromatic heterocycles. The zero-order valence-corrected chi connectivity index (χ0v) is 55.2. The molecule has 4 aromatic rings. The molecule has 0 aliphatic carbocycles. The summed E-state index contributed by atoms with van der Waals surface area (Å²) in [5, 5.41) is 50.8. The van der Waals surface area contributed by atoms with Crippen molar-refractivity contribution in [3.8, 4) is 0 Å². The minimum absolute atomic E-state index is 0.0449. The number of carbonyl (C=O) groups excluding carboxylic acids is 9. The number of guanidine groups is 1. The van der Waals surface area contributed by atoms with Crippen LogP contribution >= 0.6 is 0 Å². The number of nitrogens with two attached hydrogens (primary N) is 4. The lowest BCUT2D eigenvalue weighted by molar-refractivity contribution is -0.142. The van der Waals surface area contributed by atoms with Crippen LogP contribution in [-0.4, -0.2) is 172 Å². The van der Waals surface area contributed by atoms with Gasteiger partial charge in [-0.05, 0) is 104 Å². The number of anilines is 1. The highest BCUT2D eigenvalue weighted by Gasteiger charge is 2.40. The van der Waals surface area contributed by atoms with Crippen molar-refractivity contribution in [2.24, 2.45) is 39.8 Å². The first-order valence-corrected chi connectivity index (χ1v) is 32.6. The molecule has 1 aliphatic heterocycles. The normalized spacial score (nSPS) is 15.5. The van der Waals surface area contributed by atoms with Crippen molar-refractivity contribution in [2.75, 3.05) is 31.6 Å². The number of aliphatic hydroxyl groups excluding tert-OH is 1. The fourth-order valence-corrected chi connectivity index (χ4v) is 10.8. The number of benzene rings is 4. The number of unbranched alkanes of at least 4 members (excludes halogenated alkanes) is 1. The van der Waals surface area contributed by atoms with E-state index >= 15 is 0 Å². The number of likely N-dealkylation sites (tertiary alicyclic amines) is 1. The number of nitrogens with one attached hydrogen (secondary N) is 8. The van der Waals surface area contributed by atoms with Crippen LogP contribution in [0.25, 0.3) is 12.2 Å². The monoisotopic (exact) mass is 1340 g/mol. The van der Waals surface area contributed by atoms with Crippen molar-refractivity contribution in [2.45, 2.75) is 159 Å². The molecule has 0 unspecified atom stereocenters. The van der Waals surface area contributed by atoms with Gasteiger partial charge in [0.25, 0.3) is 5.91 Å². The molecule has 1 saturated heterocycles. The van der Waals surface area contributed by atoms with Gasteiger partial charge in [-0.15, -0.1) is 0 Å². The van der Waals surface area contributed by atoms with E-state index in [4.69, 9.17) is 22.9 Å². The van der Waals surface area contributed by atoms with Crippen LogP contribution in [0, 0.1) is 11.8 Å². The van der Waals surface area contributed by atoms with Crippen molar-refractivity contribution < 1.29 is 68.1 Å². The smallest absolute Gasteiger partial charge is 0.326 e. The maximum Gasteiger partial charge on any atom is 0.326 e. The largest absolute Gasteiger partial charge is 0.481 e. The Bertz CT molecular complexity index is 3390. The van der Waals surface area contributed by atoms with E-state index in [0.717, 1.165) is 0 Å². The summed E-state index contributed by atoms with van der Waals surface area (Å²) in [6.07, 6.45) is 4.07. The van der Waals surface area contributed by atoms with Crippen LogP contribution in [-0.2, 0) is 60.8 Å². The highest BCUT2D eigenvalue weighted by molar-refractivity contribution is 6.03. The van der Waals surface area contributed by atoms with E-state index in [1.54, 1.807) is 149 Å². The summed E-state index contributed by atoms with van der Waals surface area (Å²) >= 11 is 0. The van der Waals surface area contributed by atoms with Crippen LogP contribution in [0.3, 0.4) is 0 Å². The van der Waals surface area contributed by atoms with Gasteiger partial charge in [-0.2, -0.15) is 0 Å². The summed E-state index contributed by atoms with van der Waals surface area (Å²) in [6, 6.07) is 18.2. The van der Waals surface area contributed by atoms with E-state index in [2.05, 4.69) is 47.5 Å². The SMILES string of the molecule is CC[C@H](C)[C@H](NC(=O)[C@H](Cc1ccccc1)NC(=O)[C@H](CC(C)C)NC(=O)[C@H](CC(=O)O)NC(=O)[C@H](Cc1ccccc1)NC(=O)[C@@H]1CCCN1C(=O)c1ccccc1/C=C/c1ccccc1NC(=O)[C@@H](N)CO)C(=O)N[C@@H](CCCN=C(N)N)C(=O)N[C@@H](CCCCN)C(=O)O. The molecule has 10 atom stereocenters. The van der Waals surface area contributed by atoms with E-state index < -0.39 is 138 Å². The number of nitrogens with zero attached hydrogens (tertiary/aromatic N) is 2.